The van der Waals surface area contributed by atoms with E-state index in [1.54, 1.807) is 4.90 Å². The molecule has 0 unspecified atom stereocenters. The van der Waals surface area contributed by atoms with Crippen LogP contribution in [0.25, 0.3) is 0 Å². The number of nitrogens with one attached hydrogen (secondary N) is 1. The quantitative estimate of drug-likeness (QED) is 0.784. The van der Waals surface area contributed by atoms with Crippen LogP contribution in [0.15, 0.2) is 24.3 Å². The van der Waals surface area contributed by atoms with E-state index >= 15 is 0 Å². The molecule has 0 saturated heterocycles. The zero-order valence-electron chi connectivity index (χ0n) is 18.4. The molecule has 1 heterocycles. The molecular formula is C25H34N2O3. The van der Waals surface area contributed by atoms with Gasteiger partial charge >= 0.3 is 6.09 Å². The smallest absolute Gasteiger partial charge is 0.411 e. The van der Waals surface area contributed by atoms with Gasteiger partial charge in [0.2, 0.25) is 5.91 Å². The third kappa shape index (κ3) is 3.72. The molecule has 5 aliphatic rings. The lowest BCUT2D eigenvalue weighted by Gasteiger charge is -2.57. The number of nitrogens with zero attached hydrogens (tertiary/aromatic N) is 1. The van der Waals surface area contributed by atoms with E-state index in [1.807, 2.05) is 39.0 Å². The van der Waals surface area contributed by atoms with E-state index in [1.165, 1.54) is 19.3 Å². The second-order valence-electron chi connectivity index (χ2n) is 11.3. The summed E-state index contributed by atoms with van der Waals surface area (Å²) < 4.78 is 5.67. The lowest BCUT2D eigenvalue weighted by Crippen LogP contribution is -2.63. The van der Waals surface area contributed by atoms with Crippen molar-refractivity contribution in [2.45, 2.75) is 89.4 Å². The Morgan fingerprint density at radius 2 is 1.57 bits per heavy atom. The summed E-state index contributed by atoms with van der Waals surface area (Å²) in [5.41, 5.74) is 1.61. The Morgan fingerprint density at radius 3 is 2.13 bits per heavy atom. The molecule has 0 aromatic heterocycles. The van der Waals surface area contributed by atoms with Crippen LogP contribution in [-0.2, 0) is 22.5 Å². The summed E-state index contributed by atoms with van der Waals surface area (Å²) in [6.07, 6.45) is 7.51. The molecule has 1 aromatic carbocycles. The summed E-state index contributed by atoms with van der Waals surface area (Å²) in [4.78, 5) is 28.3. The van der Waals surface area contributed by atoms with Crippen LogP contribution in [-0.4, -0.2) is 34.1 Å². The SMILES string of the molecule is CC(C)(C)OC(=O)N1Cc2ccccc2C[C@H]1C(=O)NC12CC3CC(CC(C3)C1)C2. The van der Waals surface area contributed by atoms with Crippen molar-refractivity contribution in [3.63, 3.8) is 0 Å². The number of benzene rings is 1. The van der Waals surface area contributed by atoms with Crippen LogP contribution in [0.4, 0.5) is 4.79 Å². The van der Waals surface area contributed by atoms with Crippen LogP contribution in [0.3, 0.4) is 0 Å². The summed E-state index contributed by atoms with van der Waals surface area (Å²) in [6.45, 7) is 6.03. The van der Waals surface area contributed by atoms with Gasteiger partial charge in [-0.25, -0.2) is 4.79 Å². The summed E-state index contributed by atoms with van der Waals surface area (Å²) >= 11 is 0. The first kappa shape index (κ1) is 19.9. The molecule has 30 heavy (non-hydrogen) atoms. The van der Waals surface area contributed by atoms with Gasteiger partial charge in [0.05, 0.1) is 6.54 Å². The molecule has 162 valence electrons. The number of ether oxygens (including phenoxy) is 1. The fourth-order valence-corrected chi connectivity index (χ4v) is 6.88. The van der Waals surface area contributed by atoms with Gasteiger partial charge in [-0.2, -0.15) is 0 Å². The number of carbonyl (C=O) groups excluding carboxylic acids is 2. The molecule has 4 bridgehead atoms. The predicted octanol–water partition coefficient (Wildman–Crippen LogP) is 4.43. The molecular weight excluding hydrogens is 376 g/mol. The fourth-order valence-electron chi connectivity index (χ4n) is 6.88. The summed E-state index contributed by atoms with van der Waals surface area (Å²) in [6, 6.07) is 7.60. The number of amides is 2. The summed E-state index contributed by atoms with van der Waals surface area (Å²) in [7, 11) is 0. The number of rotatable bonds is 2. The van der Waals surface area contributed by atoms with E-state index in [2.05, 4.69) is 11.4 Å². The molecule has 5 heteroatoms. The standard InChI is InChI=1S/C25H34N2O3/c1-24(2,3)30-23(29)27-15-20-7-5-4-6-19(20)11-21(27)22(28)26-25-12-16-8-17(13-25)10-18(9-16)14-25/h4-7,16-18,21H,8-15H2,1-3H3,(H,26,28)/t16?,17?,18?,21-,25?/m0/s1. The third-order valence-electron chi connectivity index (χ3n) is 7.61. The summed E-state index contributed by atoms with van der Waals surface area (Å²) in [5.74, 6) is 2.30. The molecule has 1 atom stereocenters. The highest BCUT2D eigenvalue weighted by Crippen LogP contribution is 2.55. The Morgan fingerprint density at radius 1 is 1.00 bits per heavy atom. The van der Waals surface area contributed by atoms with E-state index in [4.69, 9.17) is 4.74 Å². The summed E-state index contributed by atoms with van der Waals surface area (Å²) in [5, 5.41) is 3.48. The van der Waals surface area contributed by atoms with Crippen molar-refractivity contribution < 1.29 is 14.3 Å². The first-order chi connectivity index (χ1) is 14.2. The van der Waals surface area contributed by atoms with E-state index in [-0.39, 0.29) is 11.4 Å². The Bertz CT molecular complexity index is 821. The Balaban J connectivity index is 1.39. The maximum Gasteiger partial charge on any atom is 0.411 e. The van der Waals surface area contributed by atoms with E-state index in [0.29, 0.717) is 13.0 Å². The van der Waals surface area contributed by atoms with Crippen LogP contribution in [0.5, 0.6) is 0 Å². The molecule has 1 N–H and O–H groups in total. The van der Waals surface area contributed by atoms with Gasteiger partial charge in [0.25, 0.3) is 0 Å². The van der Waals surface area contributed by atoms with Gasteiger partial charge < -0.3 is 10.1 Å². The van der Waals surface area contributed by atoms with Gasteiger partial charge in [-0.3, -0.25) is 9.69 Å². The van der Waals surface area contributed by atoms with Crippen LogP contribution < -0.4 is 5.32 Å². The highest BCUT2D eigenvalue weighted by Gasteiger charge is 2.52. The van der Waals surface area contributed by atoms with Crippen molar-refractivity contribution in [1.82, 2.24) is 10.2 Å². The van der Waals surface area contributed by atoms with Gasteiger partial charge in [0.1, 0.15) is 11.6 Å². The van der Waals surface area contributed by atoms with Crippen molar-refractivity contribution in [3.8, 4) is 0 Å². The minimum atomic E-state index is -0.588. The maximum absolute atomic E-state index is 13.6. The van der Waals surface area contributed by atoms with Gasteiger partial charge in [0.15, 0.2) is 0 Å². The molecule has 0 radical (unpaired) electrons. The normalized spacial score (nSPS) is 34.4. The van der Waals surface area contributed by atoms with Gasteiger partial charge in [-0.15, -0.1) is 0 Å². The third-order valence-corrected chi connectivity index (χ3v) is 7.61. The van der Waals surface area contributed by atoms with E-state index < -0.39 is 17.7 Å². The lowest BCUT2D eigenvalue weighted by atomic mass is 9.53. The maximum atomic E-state index is 13.6. The topological polar surface area (TPSA) is 58.6 Å². The molecule has 4 fully saturated rings. The number of fused-ring (bicyclic) bond motifs is 1. The Hall–Kier alpha value is -2.04. The zero-order valence-corrected chi connectivity index (χ0v) is 18.4. The van der Waals surface area contributed by atoms with Gasteiger partial charge in [-0.05, 0) is 88.2 Å². The van der Waals surface area contributed by atoms with Crippen molar-refractivity contribution >= 4 is 12.0 Å². The molecule has 6 rings (SSSR count). The monoisotopic (exact) mass is 410 g/mol. The highest BCUT2D eigenvalue weighted by atomic mass is 16.6. The average molecular weight is 411 g/mol. The van der Waals surface area contributed by atoms with Gasteiger partial charge in [-0.1, -0.05) is 24.3 Å². The lowest BCUT2D eigenvalue weighted by molar-refractivity contribution is -0.132. The number of hydrogen-bond donors (Lipinski definition) is 1. The van der Waals surface area contributed by atoms with Crippen LogP contribution >= 0.6 is 0 Å². The van der Waals surface area contributed by atoms with Crippen LogP contribution in [0, 0.1) is 17.8 Å². The molecule has 2 amide bonds. The molecule has 4 saturated carbocycles. The van der Waals surface area contributed by atoms with E-state index in [9.17, 15) is 9.59 Å². The van der Waals surface area contributed by atoms with Crippen LogP contribution in [0.2, 0.25) is 0 Å². The van der Waals surface area contributed by atoms with Crippen molar-refractivity contribution in [1.29, 1.82) is 0 Å². The van der Waals surface area contributed by atoms with Crippen LogP contribution in [0.1, 0.15) is 70.4 Å². The Kier molecular flexibility index (Phi) is 4.64. The first-order valence-corrected chi connectivity index (χ1v) is 11.6. The number of hydrogen-bond acceptors (Lipinski definition) is 3. The fraction of sp³-hybridized carbons (Fsp3) is 0.680. The minimum absolute atomic E-state index is 0.00249. The largest absolute Gasteiger partial charge is 0.444 e. The van der Waals surface area contributed by atoms with Crippen molar-refractivity contribution in [2.75, 3.05) is 0 Å². The van der Waals surface area contributed by atoms with Crippen molar-refractivity contribution in [2.24, 2.45) is 17.8 Å². The molecule has 5 nitrogen and oxygen atoms in total. The molecule has 1 aliphatic heterocycles. The van der Waals surface area contributed by atoms with Crippen molar-refractivity contribution in [3.05, 3.63) is 35.4 Å². The molecule has 1 aromatic rings. The average Bonchev–Trinajstić information content (AvgIpc) is 2.64. The van der Waals surface area contributed by atoms with E-state index in [0.717, 1.165) is 48.1 Å². The first-order valence-electron chi connectivity index (χ1n) is 11.6. The highest BCUT2D eigenvalue weighted by molar-refractivity contribution is 5.87. The molecule has 0 spiro atoms. The minimum Gasteiger partial charge on any atom is -0.444 e. The second-order valence-corrected chi connectivity index (χ2v) is 11.3. The Labute approximate surface area is 179 Å². The second kappa shape index (κ2) is 7.00. The van der Waals surface area contributed by atoms with Gasteiger partial charge in [0, 0.05) is 12.0 Å². The number of carbonyl (C=O) groups is 2. The predicted molar refractivity (Wildman–Crippen MR) is 115 cm³/mol. The zero-order chi connectivity index (χ0) is 21.1. The molecule has 4 aliphatic carbocycles.